The number of para-hydroxylation sites is 1. The summed E-state index contributed by atoms with van der Waals surface area (Å²) in [5.41, 5.74) is 0.903. The van der Waals surface area contributed by atoms with E-state index >= 15 is 0 Å². The smallest absolute Gasteiger partial charge is 0.268 e. The van der Waals surface area contributed by atoms with Crippen LogP contribution in [0.5, 0.6) is 5.75 Å². The van der Waals surface area contributed by atoms with Gasteiger partial charge in [0.2, 0.25) is 0 Å². The van der Waals surface area contributed by atoms with Crippen molar-refractivity contribution >= 4 is 31.9 Å². The number of halogens is 2. The molecule has 1 heterocycles. The molecule has 0 saturated carbocycles. The van der Waals surface area contributed by atoms with Crippen LogP contribution in [0, 0.1) is 11.6 Å². The number of fused-ring (bicyclic) bond motifs is 1. The third-order valence-corrected chi connectivity index (χ3v) is 9.23. The lowest BCUT2D eigenvalue weighted by Gasteiger charge is -2.29. The van der Waals surface area contributed by atoms with Gasteiger partial charge < -0.3 is 4.74 Å². The van der Waals surface area contributed by atoms with E-state index in [1.807, 2.05) is 0 Å². The van der Waals surface area contributed by atoms with Crippen LogP contribution in [0.2, 0.25) is 0 Å². The largest absolute Gasteiger partial charge is 0.496 e. The van der Waals surface area contributed by atoms with Crippen LogP contribution < -0.4 is 9.88 Å². The fourth-order valence-electron chi connectivity index (χ4n) is 4.30. The van der Waals surface area contributed by atoms with Crippen LogP contribution in [-0.4, -0.2) is 28.5 Å². The van der Waals surface area contributed by atoms with E-state index in [0.29, 0.717) is 10.9 Å². The van der Waals surface area contributed by atoms with Crippen LogP contribution >= 0.6 is 0 Å². The third kappa shape index (κ3) is 4.68. The maximum absolute atomic E-state index is 14.5. The van der Waals surface area contributed by atoms with Crippen molar-refractivity contribution in [3.8, 4) is 5.75 Å². The summed E-state index contributed by atoms with van der Waals surface area (Å²) < 4.78 is 74.5. The van der Waals surface area contributed by atoms with Gasteiger partial charge in [-0.25, -0.2) is 25.4 Å². The molecule has 0 amide bonds. The predicted octanol–water partition coefficient (Wildman–Crippen LogP) is 5.09. The highest BCUT2D eigenvalue weighted by molar-refractivity contribution is 7.90. The minimum Gasteiger partial charge on any atom is -0.496 e. The second kappa shape index (κ2) is 9.76. The average Bonchev–Trinajstić information content (AvgIpc) is 3.24. The number of rotatable bonds is 8. The Labute approximate surface area is 211 Å². The minimum atomic E-state index is -4.12. The van der Waals surface area contributed by atoms with Crippen molar-refractivity contribution in [1.82, 2.24) is 3.97 Å². The molecule has 1 aromatic heterocycles. The number of aromatic nitrogens is 1. The van der Waals surface area contributed by atoms with Gasteiger partial charge in [0, 0.05) is 28.6 Å². The van der Waals surface area contributed by atoms with Crippen LogP contribution in [-0.2, 0) is 21.0 Å². The molecule has 4 rings (SSSR count). The SMILES string of the molecule is COc1cc(F)c(F)cc1[C@@H](CC(C)(C)S(N)=O)c1cc2ccccc2n1S(=O)(=O)c1ccccc1. The molecule has 1 unspecified atom stereocenters. The summed E-state index contributed by atoms with van der Waals surface area (Å²) in [7, 11) is -4.61. The summed E-state index contributed by atoms with van der Waals surface area (Å²) in [6.07, 6.45) is 0.0537. The summed E-state index contributed by atoms with van der Waals surface area (Å²) in [6.45, 7) is 3.34. The maximum Gasteiger partial charge on any atom is 0.268 e. The molecular formula is C26H26F2N2O4S2. The van der Waals surface area contributed by atoms with Crippen molar-refractivity contribution in [2.45, 2.75) is 35.8 Å². The molecular weight excluding hydrogens is 506 g/mol. The zero-order valence-corrected chi connectivity index (χ0v) is 21.6. The van der Waals surface area contributed by atoms with Gasteiger partial charge in [-0.2, -0.15) is 0 Å². The fourth-order valence-corrected chi connectivity index (χ4v) is 6.23. The Kier molecular flexibility index (Phi) is 7.05. The maximum atomic E-state index is 14.5. The van der Waals surface area contributed by atoms with E-state index in [9.17, 15) is 21.4 Å². The van der Waals surface area contributed by atoms with E-state index in [2.05, 4.69) is 0 Å². The van der Waals surface area contributed by atoms with Crippen LogP contribution in [0.3, 0.4) is 0 Å². The van der Waals surface area contributed by atoms with Crippen molar-refractivity contribution in [1.29, 1.82) is 0 Å². The van der Waals surface area contributed by atoms with Gasteiger partial charge in [-0.1, -0.05) is 36.4 Å². The summed E-state index contributed by atoms with van der Waals surface area (Å²) in [6, 6.07) is 18.5. The van der Waals surface area contributed by atoms with Gasteiger partial charge >= 0.3 is 0 Å². The highest BCUT2D eigenvalue weighted by Gasteiger charge is 2.36. The molecule has 0 aliphatic rings. The number of ether oxygens (including phenoxy) is 1. The highest BCUT2D eigenvalue weighted by Crippen LogP contribution is 2.42. The number of hydrogen-bond acceptors (Lipinski definition) is 4. The summed E-state index contributed by atoms with van der Waals surface area (Å²) in [5, 5.41) is 6.40. The molecule has 4 aromatic rings. The van der Waals surface area contributed by atoms with Gasteiger partial charge in [0.15, 0.2) is 11.6 Å². The third-order valence-electron chi connectivity index (χ3n) is 6.22. The summed E-state index contributed by atoms with van der Waals surface area (Å²) in [4.78, 5) is 0.0604. The van der Waals surface area contributed by atoms with Crippen molar-refractivity contribution < 1.29 is 26.1 Å². The zero-order valence-electron chi connectivity index (χ0n) is 19.9. The van der Waals surface area contributed by atoms with Gasteiger partial charge in [-0.3, -0.25) is 5.14 Å². The molecule has 2 N–H and O–H groups in total. The standard InChI is InChI=1S/C26H26F2N2O4S2/c1-26(2,35(29)31)16-20(19-14-21(27)22(28)15-25(19)34-3)24-13-17-9-7-8-12-23(17)30(24)36(32,33)18-10-5-4-6-11-18/h4-15,20H,16,29H2,1-3H3/t20-,35?/m1/s1. The van der Waals surface area contributed by atoms with E-state index in [0.717, 1.165) is 12.1 Å². The molecule has 2 atom stereocenters. The highest BCUT2D eigenvalue weighted by atomic mass is 32.2. The first-order valence-corrected chi connectivity index (χ1v) is 13.7. The Bertz CT molecular complexity index is 1550. The van der Waals surface area contributed by atoms with E-state index in [1.165, 1.54) is 23.2 Å². The second-order valence-corrected chi connectivity index (χ2v) is 12.5. The van der Waals surface area contributed by atoms with Crippen molar-refractivity contribution in [3.05, 3.63) is 95.7 Å². The summed E-state index contributed by atoms with van der Waals surface area (Å²) in [5.74, 6) is -3.06. The molecule has 0 bridgehead atoms. The van der Waals surface area contributed by atoms with Gasteiger partial charge in [0.1, 0.15) is 5.75 Å². The zero-order chi connectivity index (χ0) is 26.3. The van der Waals surface area contributed by atoms with Gasteiger partial charge in [0.05, 0.1) is 33.3 Å². The average molecular weight is 533 g/mol. The predicted molar refractivity (Wildman–Crippen MR) is 137 cm³/mol. The Morgan fingerprint density at radius 3 is 2.25 bits per heavy atom. The molecule has 0 radical (unpaired) electrons. The van der Waals surface area contributed by atoms with Crippen molar-refractivity contribution in [3.63, 3.8) is 0 Å². The molecule has 36 heavy (non-hydrogen) atoms. The van der Waals surface area contributed by atoms with Crippen LogP contribution in [0.25, 0.3) is 10.9 Å². The molecule has 0 fully saturated rings. The Morgan fingerprint density at radius 1 is 1.00 bits per heavy atom. The van der Waals surface area contributed by atoms with E-state index in [1.54, 1.807) is 62.4 Å². The molecule has 190 valence electrons. The monoisotopic (exact) mass is 532 g/mol. The fraction of sp³-hybridized carbons (Fsp3) is 0.231. The molecule has 0 saturated heterocycles. The lowest BCUT2D eigenvalue weighted by Crippen LogP contribution is -2.34. The van der Waals surface area contributed by atoms with Gasteiger partial charge in [-0.05, 0) is 50.6 Å². The normalized spacial score (nSPS) is 14.1. The molecule has 0 aliphatic heterocycles. The minimum absolute atomic E-state index is 0.0337. The molecule has 0 spiro atoms. The quantitative estimate of drug-likeness (QED) is 0.342. The number of nitrogens with zero attached hydrogens (tertiary/aromatic N) is 1. The lowest BCUT2D eigenvalue weighted by atomic mass is 9.86. The van der Waals surface area contributed by atoms with E-state index < -0.39 is 43.3 Å². The van der Waals surface area contributed by atoms with E-state index in [4.69, 9.17) is 9.88 Å². The van der Waals surface area contributed by atoms with Crippen LogP contribution in [0.15, 0.2) is 77.7 Å². The summed E-state index contributed by atoms with van der Waals surface area (Å²) >= 11 is 0. The van der Waals surface area contributed by atoms with Crippen LogP contribution in [0.4, 0.5) is 8.78 Å². The second-order valence-electron chi connectivity index (χ2n) is 9.03. The van der Waals surface area contributed by atoms with Gasteiger partial charge in [0.25, 0.3) is 10.0 Å². The van der Waals surface area contributed by atoms with Crippen molar-refractivity contribution in [2.24, 2.45) is 5.14 Å². The Hall–Kier alpha value is -3.08. The Balaban J connectivity index is 2.09. The molecule has 10 heteroatoms. The topological polar surface area (TPSA) is 91.4 Å². The van der Waals surface area contributed by atoms with Crippen LogP contribution in [0.1, 0.15) is 37.4 Å². The Morgan fingerprint density at radius 2 is 1.61 bits per heavy atom. The lowest BCUT2D eigenvalue weighted by molar-refractivity contribution is 0.394. The van der Waals surface area contributed by atoms with Crippen molar-refractivity contribution in [2.75, 3.05) is 7.11 Å². The first-order chi connectivity index (χ1) is 17.0. The number of nitrogens with two attached hydrogens (primary N) is 1. The number of hydrogen-bond donors (Lipinski definition) is 1. The number of methoxy groups -OCH3 is 1. The van der Waals surface area contributed by atoms with E-state index in [-0.39, 0.29) is 28.3 Å². The molecule has 6 nitrogen and oxygen atoms in total. The molecule has 0 aliphatic carbocycles. The first-order valence-electron chi connectivity index (χ1n) is 11.1. The van der Waals surface area contributed by atoms with Gasteiger partial charge in [-0.15, -0.1) is 0 Å². The first kappa shape index (κ1) is 26.0. The molecule has 3 aromatic carbocycles. The number of benzene rings is 3.